The summed E-state index contributed by atoms with van der Waals surface area (Å²) in [5.41, 5.74) is 0.00918. The Morgan fingerprint density at radius 2 is 1.94 bits per heavy atom. The molecule has 1 aromatic rings. The highest BCUT2D eigenvalue weighted by atomic mass is 16.5. The van der Waals surface area contributed by atoms with Crippen LogP contribution in [0.2, 0.25) is 0 Å². The lowest BCUT2D eigenvalue weighted by atomic mass is 9.84. The minimum Gasteiger partial charge on any atom is -0.504 e. The van der Waals surface area contributed by atoms with Crippen LogP contribution < -0.4 is 4.74 Å². The van der Waals surface area contributed by atoms with Gasteiger partial charge in [0.2, 0.25) is 0 Å². The van der Waals surface area contributed by atoms with Crippen molar-refractivity contribution >= 4 is 5.97 Å². The maximum absolute atomic E-state index is 11.5. The molecule has 5 nitrogen and oxygen atoms in total. The molecule has 0 unspecified atom stereocenters. The molecule has 0 aliphatic heterocycles. The molecule has 0 saturated heterocycles. The number of carbonyl (C=O) groups excluding carboxylic acids is 1. The van der Waals surface area contributed by atoms with E-state index in [1.54, 1.807) is 13.8 Å². The second kappa shape index (κ2) is 5.27. The first kappa shape index (κ1) is 14.3. The molecule has 0 fully saturated rings. The fraction of sp³-hybridized carbons (Fsp3) is 0.462. The van der Waals surface area contributed by atoms with E-state index < -0.39 is 11.4 Å². The number of rotatable bonds is 4. The maximum atomic E-state index is 11.5. The van der Waals surface area contributed by atoms with Gasteiger partial charge in [-0.05, 0) is 12.1 Å². The lowest BCUT2D eigenvalue weighted by molar-refractivity contribution is 0.0600. The third-order valence-corrected chi connectivity index (χ3v) is 2.84. The molecule has 100 valence electrons. The van der Waals surface area contributed by atoms with Crippen LogP contribution in [0, 0.1) is 0 Å². The van der Waals surface area contributed by atoms with Gasteiger partial charge in [0.15, 0.2) is 11.5 Å². The van der Waals surface area contributed by atoms with Crippen molar-refractivity contribution in [3.63, 3.8) is 0 Å². The number of phenolic OH excluding ortho intramolecular Hbond substituents is 1. The van der Waals surface area contributed by atoms with Crippen LogP contribution in [0.1, 0.15) is 29.8 Å². The summed E-state index contributed by atoms with van der Waals surface area (Å²) >= 11 is 0. The van der Waals surface area contributed by atoms with Crippen molar-refractivity contribution in [1.82, 2.24) is 0 Å². The molecule has 18 heavy (non-hydrogen) atoms. The molecular formula is C13H18O5. The number of methoxy groups -OCH3 is 2. The quantitative estimate of drug-likeness (QED) is 0.795. The number of ether oxygens (including phenoxy) is 2. The number of aliphatic hydroxyl groups is 1. The van der Waals surface area contributed by atoms with Gasteiger partial charge in [-0.2, -0.15) is 0 Å². The zero-order valence-corrected chi connectivity index (χ0v) is 11.0. The summed E-state index contributed by atoms with van der Waals surface area (Å²) in [7, 11) is 2.67. The SMILES string of the molecule is COC(=O)c1cc(OC)c(O)c(C(C)(C)CO)c1. The van der Waals surface area contributed by atoms with Gasteiger partial charge in [-0.15, -0.1) is 0 Å². The Morgan fingerprint density at radius 3 is 2.39 bits per heavy atom. The fourth-order valence-electron chi connectivity index (χ4n) is 1.60. The molecule has 0 atom stereocenters. The lowest BCUT2D eigenvalue weighted by Gasteiger charge is -2.24. The van der Waals surface area contributed by atoms with Gasteiger partial charge < -0.3 is 19.7 Å². The van der Waals surface area contributed by atoms with E-state index in [1.165, 1.54) is 26.4 Å². The van der Waals surface area contributed by atoms with E-state index in [0.29, 0.717) is 5.56 Å². The summed E-state index contributed by atoms with van der Waals surface area (Å²) in [5, 5.41) is 19.4. The fourth-order valence-corrected chi connectivity index (χ4v) is 1.60. The summed E-state index contributed by atoms with van der Waals surface area (Å²) in [4.78, 5) is 11.5. The van der Waals surface area contributed by atoms with E-state index in [1.807, 2.05) is 0 Å². The zero-order chi connectivity index (χ0) is 13.9. The highest BCUT2D eigenvalue weighted by molar-refractivity contribution is 5.90. The number of hydrogen-bond donors (Lipinski definition) is 2. The Morgan fingerprint density at radius 1 is 1.33 bits per heavy atom. The van der Waals surface area contributed by atoms with Crippen LogP contribution in [-0.2, 0) is 10.2 Å². The van der Waals surface area contributed by atoms with Crippen molar-refractivity contribution in [2.45, 2.75) is 19.3 Å². The number of phenols is 1. The van der Waals surface area contributed by atoms with Gasteiger partial charge in [0.05, 0.1) is 26.4 Å². The monoisotopic (exact) mass is 254 g/mol. The molecule has 0 saturated carbocycles. The molecule has 0 aliphatic rings. The van der Waals surface area contributed by atoms with Crippen LogP contribution in [0.25, 0.3) is 0 Å². The van der Waals surface area contributed by atoms with E-state index in [0.717, 1.165) is 0 Å². The standard InChI is InChI=1S/C13H18O5/c1-13(2,7-14)9-5-8(12(16)18-4)6-10(17-3)11(9)15/h5-6,14-15H,7H2,1-4H3. The van der Waals surface area contributed by atoms with E-state index in [-0.39, 0.29) is 23.7 Å². The van der Waals surface area contributed by atoms with Gasteiger partial charge in [0.25, 0.3) is 0 Å². The van der Waals surface area contributed by atoms with Crippen molar-refractivity contribution in [3.05, 3.63) is 23.3 Å². The number of benzene rings is 1. The summed E-state index contributed by atoms with van der Waals surface area (Å²) in [6.45, 7) is 3.33. The van der Waals surface area contributed by atoms with E-state index in [4.69, 9.17) is 4.74 Å². The first-order chi connectivity index (χ1) is 8.37. The number of hydrogen-bond acceptors (Lipinski definition) is 5. The van der Waals surface area contributed by atoms with Crippen LogP contribution in [-0.4, -0.2) is 37.0 Å². The topological polar surface area (TPSA) is 76.0 Å². The van der Waals surface area contributed by atoms with Crippen molar-refractivity contribution in [1.29, 1.82) is 0 Å². The first-order valence-electron chi connectivity index (χ1n) is 5.48. The Labute approximate surface area is 106 Å². The number of esters is 1. The van der Waals surface area contributed by atoms with Crippen LogP contribution in [0.15, 0.2) is 12.1 Å². The molecule has 0 aliphatic carbocycles. The molecule has 0 amide bonds. The van der Waals surface area contributed by atoms with Crippen LogP contribution >= 0.6 is 0 Å². The minimum absolute atomic E-state index is 0.0794. The van der Waals surface area contributed by atoms with Gasteiger partial charge in [0.1, 0.15) is 0 Å². The Bertz CT molecular complexity index is 451. The van der Waals surface area contributed by atoms with E-state index >= 15 is 0 Å². The Balaban J connectivity index is 3.45. The molecule has 0 aromatic heterocycles. The number of aliphatic hydroxyl groups excluding tert-OH is 1. The second-order valence-corrected chi connectivity index (χ2v) is 4.61. The van der Waals surface area contributed by atoms with Crippen molar-refractivity contribution in [2.75, 3.05) is 20.8 Å². The predicted molar refractivity (Wildman–Crippen MR) is 66.1 cm³/mol. The van der Waals surface area contributed by atoms with Crippen LogP contribution in [0.5, 0.6) is 11.5 Å². The van der Waals surface area contributed by atoms with Gasteiger partial charge in [-0.1, -0.05) is 13.8 Å². The Kier molecular flexibility index (Phi) is 4.19. The van der Waals surface area contributed by atoms with E-state index in [9.17, 15) is 15.0 Å². The molecule has 0 heterocycles. The molecule has 1 rings (SSSR count). The van der Waals surface area contributed by atoms with Gasteiger partial charge in [0, 0.05) is 11.0 Å². The largest absolute Gasteiger partial charge is 0.504 e. The summed E-state index contributed by atoms with van der Waals surface area (Å²) < 4.78 is 9.66. The average molecular weight is 254 g/mol. The minimum atomic E-state index is -0.693. The zero-order valence-electron chi connectivity index (χ0n) is 11.0. The molecule has 2 N–H and O–H groups in total. The van der Waals surface area contributed by atoms with Crippen molar-refractivity contribution in [3.8, 4) is 11.5 Å². The molecular weight excluding hydrogens is 236 g/mol. The summed E-state index contributed by atoms with van der Waals surface area (Å²) in [6.07, 6.45) is 0. The maximum Gasteiger partial charge on any atom is 0.337 e. The van der Waals surface area contributed by atoms with Crippen molar-refractivity contribution in [2.24, 2.45) is 0 Å². The smallest absolute Gasteiger partial charge is 0.337 e. The van der Waals surface area contributed by atoms with Gasteiger partial charge in [-0.3, -0.25) is 0 Å². The second-order valence-electron chi connectivity index (χ2n) is 4.61. The Hall–Kier alpha value is -1.75. The molecule has 0 spiro atoms. The predicted octanol–water partition coefficient (Wildman–Crippen LogP) is 1.46. The third-order valence-electron chi connectivity index (χ3n) is 2.84. The van der Waals surface area contributed by atoms with Gasteiger partial charge in [-0.25, -0.2) is 4.79 Å². The van der Waals surface area contributed by atoms with Gasteiger partial charge >= 0.3 is 5.97 Å². The highest BCUT2D eigenvalue weighted by Crippen LogP contribution is 2.38. The van der Waals surface area contributed by atoms with Crippen molar-refractivity contribution < 1.29 is 24.5 Å². The average Bonchev–Trinajstić information content (AvgIpc) is 2.37. The molecule has 0 bridgehead atoms. The summed E-state index contributed by atoms with van der Waals surface area (Å²) in [6, 6.07) is 2.90. The highest BCUT2D eigenvalue weighted by Gasteiger charge is 2.27. The molecule has 1 aromatic carbocycles. The summed E-state index contributed by atoms with van der Waals surface area (Å²) in [5.74, 6) is -0.429. The number of aromatic hydroxyl groups is 1. The number of carbonyl (C=O) groups is 1. The lowest BCUT2D eigenvalue weighted by Crippen LogP contribution is -2.23. The normalized spacial score (nSPS) is 11.2. The third kappa shape index (κ3) is 2.56. The molecule has 5 heteroatoms. The first-order valence-corrected chi connectivity index (χ1v) is 5.48. The van der Waals surface area contributed by atoms with E-state index in [2.05, 4.69) is 4.74 Å². The van der Waals surface area contributed by atoms with Crippen LogP contribution in [0.4, 0.5) is 0 Å². The molecule has 0 radical (unpaired) electrons. The van der Waals surface area contributed by atoms with Crippen LogP contribution in [0.3, 0.4) is 0 Å².